The van der Waals surface area contributed by atoms with Crippen LogP contribution in [-0.2, 0) is 29.1 Å². The number of phenolic OH excluding ortho intramolecular Hbond substituents is 4. The van der Waals surface area contributed by atoms with Crippen molar-refractivity contribution in [3.63, 3.8) is 0 Å². The van der Waals surface area contributed by atoms with Crippen molar-refractivity contribution in [1.29, 1.82) is 0 Å². The van der Waals surface area contributed by atoms with E-state index in [1.807, 2.05) is 54.6 Å². The number of aromatic hydroxyl groups is 4. The first-order valence-corrected chi connectivity index (χ1v) is 19.3. The van der Waals surface area contributed by atoms with Gasteiger partial charge in [-0.15, -0.1) is 0 Å². The molecule has 8 N–H and O–H groups in total. The van der Waals surface area contributed by atoms with Crippen molar-refractivity contribution in [3.8, 4) is 23.0 Å². The summed E-state index contributed by atoms with van der Waals surface area (Å²) in [6, 6.07) is 46.2. The predicted octanol–water partition coefficient (Wildman–Crippen LogP) is 10.0. The van der Waals surface area contributed by atoms with Crippen molar-refractivity contribution in [1.82, 2.24) is 19.9 Å². The number of rotatable bonds is 12. The van der Waals surface area contributed by atoms with E-state index >= 15 is 0 Å². The minimum atomic E-state index is -0.810. The van der Waals surface area contributed by atoms with Gasteiger partial charge in [-0.05, 0) is 147 Å². The molecule has 288 valence electrons. The number of aromatic amines is 4. The van der Waals surface area contributed by atoms with Crippen LogP contribution in [0.15, 0.2) is 146 Å². The maximum absolute atomic E-state index is 10.8. The Hall–Kier alpha value is -6.80. The second kappa shape index (κ2) is 14.4. The van der Waals surface area contributed by atoms with Crippen molar-refractivity contribution in [2.45, 2.75) is 56.8 Å². The summed E-state index contributed by atoms with van der Waals surface area (Å²) in [6.07, 6.45) is 1.47. The van der Waals surface area contributed by atoms with E-state index in [2.05, 4.69) is 96.2 Å². The maximum atomic E-state index is 10.8. The van der Waals surface area contributed by atoms with Gasteiger partial charge in [-0.3, -0.25) is 0 Å². The van der Waals surface area contributed by atoms with Gasteiger partial charge in [0.15, 0.2) is 0 Å². The Morgan fingerprint density at radius 3 is 1.09 bits per heavy atom. The molecule has 0 aliphatic rings. The number of hydrogen-bond acceptors (Lipinski definition) is 4. The molecule has 0 aliphatic heterocycles. The normalized spacial score (nSPS) is 14.8. The van der Waals surface area contributed by atoms with Gasteiger partial charge in [0, 0.05) is 52.0 Å². The van der Waals surface area contributed by atoms with Gasteiger partial charge in [-0.25, -0.2) is 0 Å². The van der Waals surface area contributed by atoms with Gasteiger partial charge >= 0.3 is 0 Å². The maximum Gasteiger partial charge on any atom is 0.115 e. The number of aryl methyl sites for hydroxylation is 1. The summed E-state index contributed by atoms with van der Waals surface area (Å²) in [6.45, 7) is 8.57. The Morgan fingerprint density at radius 2 is 0.719 bits per heavy atom. The lowest BCUT2D eigenvalue weighted by Crippen LogP contribution is -2.30. The van der Waals surface area contributed by atoms with E-state index in [9.17, 15) is 20.4 Å². The van der Waals surface area contributed by atoms with Gasteiger partial charge in [-0.2, -0.15) is 0 Å². The Bertz CT molecular complexity index is 2680. The fraction of sp³-hybridized carbons (Fsp3) is 0.184. The van der Waals surface area contributed by atoms with Gasteiger partial charge < -0.3 is 40.4 Å². The zero-order chi connectivity index (χ0) is 40.0. The van der Waals surface area contributed by atoms with Crippen molar-refractivity contribution in [2.75, 3.05) is 0 Å². The Kier molecular flexibility index (Phi) is 9.36. The molecule has 8 heteroatoms. The largest absolute Gasteiger partial charge is 0.508 e. The molecule has 4 heterocycles. The highest BCUT2D eigenvalue weighted by atomic mass is 16.3. The molecule has 57 heavy (non-hydrogen) atoms. The number of aromatic nitrogens is 4. The summed E-state index contributed by atoms with van der Waals surface area (Å²) in [4.78, 5) is 15.0. The van der Waals surface area contributed by atoms with Gasteiger partial charge in [-0.1, -0.05) is 55.5 Å². The van der Waals surface area contributed by atoms with Gasteiger partial charge in [0.2, 0.25) is 0 Å². The second-order valence-corrected chi connectivity index (χ2v) is 15.6. The zero-order valence-electron chi connectivity index (χ0n) is 32.6. The molecule has 0 amide bonds. The van der Waals surface area contributed by atoms with Crippen LogP contribution in [0.1, 0.15) is 95.5 Å². The molecule has 4 aromatic carbocycles. The minimum absolute atomic E-state index is 0.163. The van der Waals surface area contributed by atoms with Crippen LogP contribution in [0, 0.1) is 0 Å². The molecule has 0 aliphatic carbocycles. The molecule has 8 nitrogen and oxygen atoms in total. The van der Waals surface area contributed by atoms with Crippen molar-refractivity contribution >= 4 is 0 Å². The molecule has 3 atom stereocenters. The van der Waals surface area contributed by atoms with Crippen LogP contribution in [0.25, 0.3) is 0 Å². The highest BCUT2D eigenvalue weighted by Gasteiger charge is 2.41. The molecule has 0 spiro atoms. The van der Waals surface area contributed by atoms with Gasteiger partial charge in [0.1, 0.15) is 23.0 Å². The Labute approximate surface area is 332 Å². The smallest absolute Gasteiger partial charge is 0.115 e. The summed E-state index contributed by atoms with van der Waals surface area (Å²) in [5.41, 5.74) is 9.09. The lowest BCUT2D eigenvalue weighted by atomic mass is 9.76. The van der Waals surface area contributed by atoms with E-state index in [-0.39, 0.29) is 23.0 Å². The number of nitrogens with one attached hydrogen (secondary N) is 4. The fourth-order valence-corrected chi connectivity index (χ4v) is 8.44. The first-order chi connectivity index (χ1) is 27.4. The third-order valence-corrected chi connectivity index (χ3v) is 12.1. The summed E-state index contributed by atoms with van der Waals surface area (Å²) >= 11 is 0. The fourth-order valence-electron chi connectivity index (χ4n) is 8.44. The molecular formula is C49H48N4O4. The van der Waals surface area contributed by atoms with E-state index in [4.69, 9.17) is 0 Å². The molecule has 0 radical (unpaired) electrons. The average molecular weight is 757 g/mol. The van der Waals surface area contributed by atoms with Crippen molar-refractivity contribution in [3.05, 3.63) is 213 Å². The third-order valence-electron chi connectivity index (χ3n) is 12.1. The van der Waals surface area contributed by atoms with E-state index in [0.717, 1.165) is 74.2 Å². The van der Waals surface area contributed by atoms with E-state index in [0.29, 0.717) is 6.42 Å². The molecule has 8 rings (SSSR count). The zero-order valence-corrected chi connectivity index (χ0v) is 32.6. The Morgan fingerprint density at radius 1 is 0.386 bits per heavy atom. The SMILES string of the molecule is CCc1ccc(C(C)(c2cccc(O)c2)c2ccc(C(C)(c3cccc(O)c3)c3ccc(C(C)(c4cccc(O)c4)c4ccc(Cc5cccc(O)c5)[nH]4)[nH]3)[nH]2)[nH]1. The summed E-state index contributed by atoms with van der Waals surface area (Å²) in [7, 11) is 0. The van der Waals surface area contributed by atoms with Crippen LogP contribution in [0.4, 0.5) is 0 Å². The molecule has 4 aromatic heterocycles. The van der Waals surface area contributed by atoms with Crippen LogP contribution in [-0.4, -0.2) is 40.4 Å². The number of hydrogen-bond donors (Lipinski definition) is 8. The summed E-state index contributed by atoms with van der Waals surface area (Å²) < 4.78 is 0. The van der Waals surface area contributed by atoms with Gasteiger partial charge in [0.25, 0.3) is 0 Å². The number of phenols is 4. The topological polar surface area (TPSA) is 144 Å². The van der Waals surface area contributed by atoms with Crippen LogP contribution >= 0.6 is 0 Å². The van der Waals surface area contributed by atoms with E-state index in [1.54, 1.807) is 42.5 Å². The third kappa shape index (κ3) is 6.57. The van der Waals surface area contributed by atoms with Crippen LogP contribution in [0.2, 0.25) is 0 Å². The number of H-pyrrole nitrogens is 4. The first kappa shape index (κ1) is 37.1. The first-order valence-electron chi connectivity index (χ1n) is 19.3. The lowest BCUT2D eigenvalue weighted by molar-refractivity contribution is 0.472. The van der Waals surface area contributed by atoms with Crippen molar-refractivity contribution in [2.24, 2.45) is 0 Å². The molecule has 0 saturated heterocycles. The molecular weight excluding hydrogens is 709 g/mol. The molecule has 8 aromatic rings. The summed E-state index contributed by atoms with van der Waals surface area (Å²) in [5.74, 6) is 0.754. The van der Waals surface area contributed by atoms with E-state index in [1.165, 1.54) is 0 Å². The minimum Gasteiger partial charge on any atom is -0.508 e. The average Bonchev–Trinajstić information content (AvgIpc) is 4.05. The molecule has 0 saturated carbocycles. The lowest BCUT2D eigenvalue weighted by Gasteiger charge is -2.32. The monoisotopic (exact) mass is 756 g/mol. The van der Waals surface area contributed by atoms with Gasteiger partial charge in [0.05, 0.1) is 16.2 Å². The summed E-state index contributed by atoms with van der Waals surface area (Å²) in [5, 5.41) is 42.3. The predicted molar refractivity (Wildman–Crippen MR) is 224 cm³/mol. The number of benzene rings is 4. The highest BCUT2D eigenvalue weighted by Crippen LogP contribution is 2.46. The molecule has 0 fully saturated rings. The standard InChI is InChI=1S/C49H48N4O4/c1-5-35-18-20-41(50-35)47(2,32-11-7-15-38(55)28-32)43-22-24-45(52-43)49(4,34-13-9-17-40(57)30-34)46-25-23-44(53-46)48(3,33-12-8-16-39(56)29-33)42-21-19-36(51-42)26-31-10-6-14-37(54)27-31/h6-25,27-30,50-57H,5,26H2,1-4H3. The van der Waals surface area contributed by atoms with Crippen LogP contribution in [0.3, 0.4) is 0 Å². The Balaban J connectivity index is 1.27. The second-order valence-electron chi connectivity index (χ2n) is 15.6. The van der Waals surface area contributed by atoms with Crippen molar-refractivity contribution < 1.29 is 20.4 Å². The molecule has 3 unspecified atom stereocenters. The van der Waals surface area contributed by atoms with Crippen LogP contribution < -0.4 is 0 Å². The molecule has 0 bridgehead atoms. The van der Waals surface area contributed by atoms with Crippen LogP contribution in [0.5, 0.6) is 23.0 Å². The quantitative estimate of drug-likeness (QED) is 0.0628. The van der Waals surface area contributed by atoms with E-state index < -0.39 is 16.2 Å². The highest BCUT2D eigenvalue weighted by molar-refractivity contribution is 5.54.